The highest BCUT2D eigenvalue weighted by Gasteiger charge is 2.15. The summed E-state index contributed by atoms with van der Waals surface area (Å²) in [6.45, 7) is 0.469. The van der Waals surface area contributed by atoms with Crippen LogP contribution in [-0.2, 0) is 13.0 Å². The van der Waals surface area contributed by atoms with Crippen LogP contribution >= 0.6 is 11.3 Å². The Balaban J connectivity index is 1.47. The molecule has 0 atom stereocenters. The molecule has 0 aliphatic rings. The first-order valence-electron chi connectivity index (χ1n) is 9.38. The number of amides is 1. The van der Waals surface area contributed by atoms with Gasteiger partial charge in [-0.1, -0.05) is 53.8 Å². The van der Waals surface area contributed by atoms with Gasteiger partial charge in [-0.25, -0.2) is 0 Å². The van der Waals surface area contributed by atoms with Gasteiger partial charge in [-0.05, 0) is 40.5 Å². The van der Waals surface area contributed by atoms with Crippen LogP contribution in [0.15, 0.2) is 76.1 Å². The summed E-state index contributed by atoms with van der Waals surface area (Å²) in [4.78, 5) is 28.1. The van der Waals surface area contributed by atoms with Crippen LogP contribution < -0.4 is 4.87 Å². The SMILES string of the molecule is CN(Cc1cccc(-c2ccc(Cc3sc(=O)[nH]c3O)cc2)c1)C(=O)c1ccco1. The normalized spacial score (nSPS) is 10.8. The van der Waals surface area contributed by atoms with Crippen molar-refractivity contribution in [1.82, 2.24) is 9.88 Å². The topological polar surface area (TPSA) is 86.5 Å². The number of benzene rings is 2. The highest BCUT2D eigenvalue weighted by Crippen LogP contribution is 2.25. The van der Waals surface area contributed by atoms with E-state index in [1.54, 1.807) is 24.1 Å². The van der Waals surface area contributed by atoms with E-state index in [1.807, 2.05) is 42.5 Å². The van der Waals surface area contributed by atoms with Crippen molar-refractivity contribution < 1.29 is 14.3 Å². The Bertz CT molecular complexity index is 1210. The molecular weight excluding hydrogens is 400 g/mol. The number of hydrogen-bond donors (Lipinski definition) is 2. The number of rotatable bonds is 6. The molecule has 1 amide bonds. The molecule has 0 spiro atoms. The molecule has 0 bridgehead atoms. The minimum Gasteiger partial charge on any atom is -0.494 e. The quantitative estimate of drug-likeness (QED) is 0.488. The van der Waals surface area contributed by atoms with E-state index in [0.29, 0.717) is 23.6 Å². The van der Waals surface area contributed by atoms with E-state index in [4.69, 9.17) is 4.42 Å². The van der Waals surface area contributed by atoms with E-state index in [2.05, 4.69) is 11.1 Å². The lowest BCUT2D eigenvalue weighted by molar-refractivity contribution is 0.0753. The van der Waals surface area contributed by atoms with Crippen molar-refractivity contribution in [3.63, 3.8) is 0 Å². The van der Waals surface area contributed by atoms with E-state index < -0.39 is 0 Å². The predicted octanol–water partition coefficient (Wildman–Crippen LogP) is 4.27. The third-order valence-corrected chi connectivity index (χ3v) is 5.65. The summed E-state index contributed by atoms with van der Waals surface area (Å²) in [6.07, 6.45) is 1.98. The molecule has 0 saturated heterocycles. The van der Waals surface area contributed by atoms with Crippen molar-refractivity contribution in [3.05, 3.63) is 98.4 Å². The lowest BCUT2D eigenvalue weighted by atomic mass is 10.0. The zero-order valence-corrected chi connectivity index (χ0v) is 17.1. The molecule has 4 aromatic rings. The highest BCUT2D eigenvalue weighted by molar-refractivity contribution is 7.09. The highest BCUT2D eigenvalue weighted by atomic mass is 32.1. The third-order valence-electron chi connectivity index (χ3n) is 4.78. The number of carbonyl (C=O) groups excluding carboxylic acids is 1. The fourth-order valence-electron chi connectivity index (χ4n) is 3.26. The largest absolute Gasteiger partial charge is 0.494 e. The number of furan rings is 1. The van der Waals surface area contributed by atoms with Gasteiger partial charge in [-0.15, -0.1) is 0 Å². The molecular formula is C23H20N2O4S. The number of aromatic hydroxyl groups is 1. The lowest BCUT2D eigenvalue weighted by Gasteiger charge is -2.16. The molecule has 4 rings (SSSR count). The first kappa shape index (κ1) is 19.7. The van der Waals surface area contributed by atoms with E-state index in [-0.39, 0.29) is 16.7 Å². The summed E-state index contributed by atoms with van der Waals surface area (Å²) in [5.74, 6) is 0.0998. The number of carbonyl (C=O) groups is 1. The van der Waals surface area contributed by atoms with Crippen LogP contribution in [0.25, 0.3) is 11.1 Å². The van der Waals surface area contributed by atoms with Gasteiger partial charge in [0.05, 0.1) is 11.1 Å². The fraction of sp³-hybridized carbons (Fsp3) is 0.130. The molecule has 152 valence electrons. The maximum atomic E-state index is 12.4. The van der Waals surface area contributed by atoms with Crippen molar-refractivity contribution in [2.75, 3.05) is 7.05 Å². The second kappa shape index (κ2) is 8.42. The van der Waals surface area contributed by atoms with Crippen molar-refractivity contribution in [2.24, 2.45) is 0 Å². The molecule has 0 aliphatic carbocycles. The second-order valence-corrected chi connectivity index (χ2v) is 8.07. The van der Waals surface area contributed by atoms with Crippen LogP contribution in [0.5, 0.6) is 5.88 Å². The number of nitrogens with one attached hydrogen (secondary N) is 1. The van der Waals surface area contributed by atoms with Crippen molar-refractivity contribution >= 4 is 17.2 Å². The maximum absolute atomic E-state index is 12.4. The number of hydrogen-bond acceptors (Lipinski definition) is 5. The van der Waals surface area contributed by atoms with E-state index >= 15 is 0 Å². The molecule has 7 heteroatoms. The van der Waals surface area contributed by atoms with Gasteiger partial charge in [0.1, 0.15) is 0 Å². The molecule has 0 aliphatic heterocycles. The Morgan fingerprint density at radius 1 is 1.07 bits per heavy atom. The van der Waals surface area contributed by atoms with E-state index in [0.717, 1.165) is 33.6 Å². The van der Waals surface area contributed by atoms with Gasteiger partial charge >= 0.3 is 4.87 Å². The summed E-state index contributed by atoms with van der Waals surface area (Å²) in [5, 5.41) is 9.75. The van der Waals surface area contributed by atoms with Gasteiger partial charge in [-0.2, -0.15) is 0 Å². The van der Waals surface area contributed by atoms with Gasteiger partial charge < -0.3 is 14.4 Å². The monoisotopic (exact) mass is 420 g/mol. The van der Waals surface area contributed by atoms with Gasteiger partial charge in [-0.3, -0.25) is 14.6 Å². The zero-order chi connectivity index (χ0) is 21.1. The molecule has 6 nitrogen and oxygen atoms in total. The van der Waals surface area contributed by atoms with Gasteiger partial charge in [0.2, 0.25) is 5.88 Å². The number of aromatic amines is 1. The Morgan fingerprint density at radius 2 is 1.87 bits per heavy atom. The van der Waals surface area contributed by atoms with Crippen LogP contribution in [0.3, 0.4) is 0 Å². The number of aromatic nitrogens is 1. The number of H-pyrrole nitrogens is 1. The summed E-state index contributed by atoms with van der Waals surface area (Å²) >= 11 is 1.02. The van der Waals surface area contributed by atoms with Crippen LogP contribution in [0.4, 0.5) is 0 Å². The van der Waals surface area contributed by atoms with Crippen LogP contribution in [0.2, 0.25) is 0 Å². The lowest BCUT2D eigenvalue weighted by Crippen LogP contribution is -2.25. The summed E-state index contributed by atoms with van der Waals surface area (Å²) < 4.78 is 5.18. The molecule has 0 fully saturated rings. The van der Waals surface area contributed by atoms with Gasteiger partial charge in [0, 0.05) is 20.0 Å². The molecule has 0 saturated carbocycles. The minimum atomic E-state index is -0.258. The first-order chi connectivity index (χ1) is 14.5. The van der Waals surface area contributed by atoms with Crippen molar-refractivity contribution in [3.8, 4) is 17.0 Å². The smallest absolute Gasteiger partial charge is 0.307 e. The Kier molecular flexibility index (Phi) is 5.54. The van der Waals surface area contributed by atoms with Gasteiger partial charge in [0.15, 0.2) is 5.76 Å². The predicted molar refractivity (Wildman–Crippen MR) is 116 cm³/mol. The van der Waals surface area contributed by atoms with E-state index in [1.165, 1.54) is 6.26 Å². The Morgan fingerprint density at radius 3 is 2.53 bits per heavy atom. The number of nitrogens with zero attached hydrogens (tertiary/aromatic N) is 1. The Hall–Kier alpha value is -3.58. The summed E-state index contributed by atoms with van der Waals surface area (Å²) in [7, 11) is 1.75. The molecule has 0 radical (unpaired) electrons. The van der Waals surface area contributed by atoms with Crippen LogP contribution in [0.1, 0.15) is 26.6 Å². The average Bonchev–Trinajstić information content (AvgIpc) is 3.38. The van der Waals surface area contributed by atoms with Crippen molar-refractivity contribution in [2.45, 2.75) is 13.0 Å². The second-order valence-electron chi connectivity index (χ2n) is 7.00. The van der Waals surface area contributed by atoms with Crippen LogP contribution in [-0.4, -0.2) is 27.9 Å². The molecule has 2 aromatic heterocycles. The van der Waals surface area contributed by atoms with Gasteiger partial charge in [0.25, 0.3) is 5.91 Å². The van der Waals surface area contributed by atoms with E-state index in [9.17, 15) is 14.7 Å². The first-order valence-corrected chi connectivity index (χ1v) is 10.2. The summed E-state index contributed by atoms with van der Waals surface area (Å²) in [5.41, 5.74) is 4.12. The Labute approximate surface area is 177 Å². The van der Waals surface area contributed by atoms with Crippen molar-refractivity contribution in [1.29, 1.82) is 0 Å². The standard InChI is InChI=1S/C23H20N2O4S/c1-25(22(27)19-6-3-11-29-19)14-16-4-2-5-18(12-16)17-9-7-15(8-10-17)13-20-21(26)24-23(28)30-20/h2-12,26H,13-14H2,1H3,(H,24,28). The maximum Gasteiger partial charge on any atom is 0.307 e. The fourth-order valence-corrected chi connectivity index (χ4v) is 4.01. The molecule has 2 N–H and O–H groups in total. The summed E-state index contributed by atoms with van der Waals surface area (Å²) in [6, 6.07) is 19.4. The third kappa shape index (κ3) is 4.36. The average molecular weight is 420 g/mol. The molecule has 2 heterocycles. The molecule has 30 heavy (non-hydrogen) atoms. The minimum absolute atomic E-state index is 0.0602. The van der Waals surface area contributed by atoms with Crippen LogP contribution in [0, 0.1) is 0 Å². The molecule has 2 aromatic carbocycles. The zero-order valence-electron chi connectivity index (χ0n) is 16.3. The molecule has 0 unspecified atom stereocenters. The number of thiazole rings is 1.